The van der Waals surface area contributed by atoms with Crippen molar-refractivity contribution in [2.24, 2.45) is 7.05 Å². The molecular formula is C28H33N3O4S. The first-order valence-corrected chi connectivity index (χ1v) is 13.3. The van der Waals surface area contributed by atoms with Crippen molar-refractivity contribution in [3.8, 4) is 0 Å². The molecule has 3 aromatic rings. The van der Waals surface area contributed by atoms with Gasteiger partial charge in [-0.15, -0.1) is 11.3 Å². The number of benzene rings is 1. The normalized spacial score (nSPS) is 15.8. The van der Waals surface area contributed by atoms with Gasteiger partial charge in [0.1, 0.15) is 5.78 Å². The summed E-state index contributed by atoms with van der Waals surface area (Å²) in [7, 11) is 3.15. The topological polar surface area (TPSA) is 90.3 Å². The predicted octanol–water partition coefficient (Wildman–Crippen LogP) is 4.70. The van der Waals surface area contributed by atoms with Crippen LogP contribution in [0.2, 0.25) is 0 Å². The van der Waals surface area contributed by atoms with E-state index in [0.717, 1.165) is 41.8 Å². The van der Waals surface area contributed by atoms with Crippen molar-refractivity contribution in [2.75, 3.05) is 7.11 Å². The van der Waals surface area contributed by atoms with E-state index in [1.165, 1.54) is 24.9 Å². The van der Waals surface area contributed by atoms with Gasteiger partial charge in [0.15, 0.2) is 0 Å². The Morgan fingerprint density at radius 3 is 2.42 bits per heavy atom. The van der Waals surface area contributed by atoms with Crippen LogP contribution in [0.4, 0.5) is 0 Å². The number of carbonyl (C=O) groups is 3. The number of aryl methyl sites for hydroxylation is 2. The maximum Gasteiger partial charge on any atom is 0.337 e. The molecule has 4 rings (SSSR count). The molecule has 1 aromatic carbocycles. The van der Waals surface area contributed by atoms with Gasteiger partial charge in [-0.05, 0) is 48.9 Å². The van der Waals surface area contributed by atoms with Crippen molar-refractivity contribution in [2.45, 2.75) is 63.3 Å². The van der Waals surface area contributed by atoms with Gasteiger partial charge in [0.25, 0.3) is 0 Å². The maximum atomic E-state index is 13.9. The minimum Gasteiger partial charge on any atom is -0.465 e. The number of Topliss-reactive ketones (excluding diaryl/α,β-unsaturated/α-hetero) is 1. The number of ketones is 1. The monoisotopic (exact) mass is 507 g/mol. The van der Waals surface area contributed by atoms with Crippen LogP contribution in [0.25, 0.3) is 0 Å². The molecule has 1 fully saturated rings. The number of methoxy groups -OCH3 is 1. The van der Waals surface area contributed by atoms with Crippen molar-refractivity contribution >= 4 is 29.0 Å². The maximum absolute atomic E-state index is 13.9. The molecular weight excluding hydrogens is 474 g/mol. The lowest BCUT2D eigenvalue weighted by atomic mass is 9.77. The van der Waals surface area contributed by atoms with Gasteiger partial charge < -0.3 is 10.1 Å². The van der Waals surface area contributed by atoms with Gasteiger partial charge >= 0.3 is 5.97 Å². The zero-order valence-electron chi connectivity index (χ0n) is 21.0. The van der Waals surface area contributed by atoms with Gasteiger partial charge in [-0.1, -0.05) is 37.5 Å². The zero-order valence-corrected chi connectivity index (χ0v) is 21.8. The Morgan fingerprint density at radius 2 is 1.83 bits per heavy atom. The Balaban J connectivity index is 1.76. The number of thiophene rings is 1. The van der Waals surface area contributed by atoms with E-state index in [2.05, 4.69) is 10.4 Å². The molecule has 1 aliphatic rings. The Morgan fingerprint density at radius 1 is 1.11 bits per heavy atom. The fourth-order valence-electron chi connectivity index (χ4n) is 5.14. The molecule has 2 heterocycles. The van der Waals surface area contributed by atoms with Crippen molar-refractivity contribution in [3.63, 3.8) is 0 Å². The standard InChI is InChI=1S/C28H33N3O4S/c1-18-23(17-31(2)30-18)26(27(33)29-21-8-5-4-6-9-21)25(24(32)16-22-10-7-15-36-22)19-11-13-20(14-12-19)28(34)35-3/h7,10-15,17,21,25-26H,4-6,8-9,16H2,1-3H3,(H,29,33)/t25-,26+/m1/s1. The van der Waals surface area contributed by atoms with Crippen molar-refractivity contribution in [3.05, 3.63) is 75.2 Å². The molecule has 8 heteroatoms. The molecule has 2 aromatic heterocycles. The molecule has 0 aliphatic heterocycles. The molecule has 36 heavy (non-hydrogen) atoms. The predicted molar refractivity (Wildman–Crippen MR) is 139 cm³/mol. The lowest BCUT2D eigenvalue weighted by Gasteiger charge is -2.29. The number of hydrogen-bond donors (Lipinski definition) is 1. The second-order valence-corrected chi connectivity index (χ2v) is 10.5. The third-order valence-electron chi connectivity index (χ3n) is 6.92. The molecule has 1 amide bonds. The van der Waals surface area contributed by atoms with Gasteiger partial charge in [0.05, 0.1) is 30.2 Å². The first-order chi connectivity index (χ1) is 17.4. The molecule has 1 saturated carbocycles. The highest BCUT2D eigenvalue weighted by Crippen LogP contribution is 2.37. The molecule has 0 unspecified atom stereocenters. The Kier molecular flexibility index (Phi) is 8.36. The summed E-state index contributed by atoms with van der Waals surface area (Å²) in [5, 5.41) is 9.69. The van der Waals surface area contributed by atoms with Crippen molar-refractivity contribution in [1.29, 1.82) is 0 Å². The summed E-state index contributed by atoms with van der Waals surface area (Å²) in [4.78, 5) is 40.8. The number of ether oxygens (including phenoxy) is 1. The molecule has 190 valence electrons. The van der Waals surface area contributed by atoms with E-state index in [1.54, 1.807) is 28.9 Å². The summed E-state index contributed by atoms with van der Waals surface area (Å²) in [6.07, 6.45) is 7.35. The van der Waals surface area contributed by atoms with Crippen LogP contribution in [0.3, 0.4) is 0 Å². The van der Waals surface area contributed by atoms with E-state index < -0.39 is 17.8 Å². The van der Waals surface area contributed by atoms with E-state index in [9.17, 15) is 14.4 Å². The largest absolute Gasteiger partial charge is 0.465 e. The van der Waals surface area contributed by atoms with Gasteiger partial charge in [-0.3, -0.25) is 14.3 Å². The quantitative estimate of drug-likeness (QED) is 0.424. The van der Waals surface area contributed by atoms with E-state index in [1.807, 2.05) is 37.7 Å². The minimum absolute atomic E-state index is 0.0460. The highest BCUT2D eigenvalue weighted by atomic mass is 32.1. The van der Waals surface area contributed by atoms with Crippen LogP contribution in [0.5, 0.6) is 0 Å². The number of aromatic nitrogens is 2. The minimum atomic E-state index is -0.739. The van der Waals surface area contributed by atoms with Crippen molar-refractivity contribution in [1.82, 2.24) is 15.1 Å². The van der Waals surface area contributed by atoms with Crippen LogP contribution in [0, 0.1) is 6.92 Å². The van der Waals surface area contributed by atoms with Gasteiger partial charge in [0.2, 0.25) is 5.91 Å². The van der Waals surface area contributed by atoms with Crippen LogP contribution < -0.4 is 5.32 Å². The fraction of sp³-hybridized carbons (Fsp3) is 0.429. The van der Waals surface area contributed by atoms with Crippen LogP contribution in [-0.4, -0.2) is 40.6 Å². The lowest BCUT2D eigenvalue weighted by molar-refractivity contribution is -0.128. The second-order valence-electron chi connectivity index (χ2n) is 9.48. The number of amides is 1. The fourth-order valence-corrected chi connectivity index (χ4v) is 5.85. The van der Waals surface area contributed by atoms with Gasteiger partial charge in [-0.25, -0.2) is 4.79 Å². The smallest absolute Gasteiger partial charge is 0.337 e. The summed E-state index contributed by atoms with van der Waals surface area (Å²) in [5.74, 6) is -2.12. The third kappa shape index (κ3) is 5.93. The molecule has 0 radical (unpaired) electrons. The second kappa shape index (κ2) is 11.6. The zero-order chi connectivity index (χ0) is 25.7. The lowest BCUT2D eigenvalue weighted by Crippen LogP contribution is -2.42. The molecule has 1 aliphatic carbocycles. The van der Waals surface area contributed by atoms with Crippen LogP contribution in [-0.2, 0) is 27.8 Å². The molecule has 0 bridgehead atoms. The number of rotatable bonds is 9. The van der Waals surface area contributed by atoms with E-state index in [0.29, 0.717) is 11.1 Å². The Hall–Kier alpha value is -3.26. The van der Waals surface area contributed by atoms with E-state index in [4.69, 9.17) is 4.74 Å². The van der Waals surface area contributed by atoms with Gasteiger partial charge in [-0.2, -0.15) is 5.10 Å². The summed E-state index contributed by atoms with van der Waals surface area (Å²) < 4.78 is 6.52. The van der Waals surface area contributed by atoms with Crippen LogP contribution in [0.1, 0.15) is 76.0 Å². The first kappa shape index (κ1) is 25.8. The number of carbonyl (C=O) groups excluding carboxylic acids is 3. The average molecular weight is 508 g/mol. The van der Waals surface area contributed by atoms with Crippen molar-refractivity contribution < 1.29 is 19.1 Å². The molecule has 0 spiro atoms. The Bertz CT molecular complexity index is 1190. The molecule has 2 atom stereocenters. The summed E-state index contributed by atoms with van der Waals surface area (Å²) in [6, 6.07) is 10.8. The number of nitrogens with zero attached hydrogens (tertiary/aromatic N) is 2. The summed E-state index contributed by atoms with van der Waals surface area (Å²) >= 11 is 1.53. The highest BCUT2D eigenvalue weighted by Gasteiger charge is 2.39. The third-order valence-corrected chi connectivity index (χ3v) is 7.80. The number of hydrogen-bond acceptors (Lipinski definition) is 6. The average Bonchev–Trinajstić information content (AvgIpc) is 3.51. The van der Waals surface area contributed by atoms with Crippen LogP contribution >= 0.6 is 11.3 Å². The molecule has 0 saturated heterocycles. The van der Waals surface area contributed by atoms with E-state index >= 15 is 0 Å². The highest BCUT2D eigenvalue weighted by molar-refractivity contribution is 7.10. The Labute approximate surface area is 215 Å². The molecule has 7 nitrogen and oxygen atoms in total. The summed E-state index contributed by atoms with van der Waals surface area (Å²) in [6.45, 7) is 1.87. The number of esters is 1. The molecule has 1 N–H and O–H groups in total. The SMILES string of the molecule is COC(=O)c1ccc([C@H](C(=O)Cc2cccs2)[C@@H](C(=O)NC2CCCCC2)c2cn(C)nc2C)cc1. The summed E-state index contributed by atoms with van der Waals surface area (Å²) in [5.41, 5.74) is 2.55. The first-order valence-electron chi connectivity index (χ1n) is 12.4. The van der Waals surface area contributed by atoms with Crippen LogP contribution in [0.15, 0.2) is 48.0 Å². The van der Waals surface area contributed by atoms with E-state index in [-0.39, 0.29) is 24.2 Å². The van der Waals surface area contributed by atoms with Gasteiger partial charge in [0, 0.05) is 36.1 Å². The number of nitrogens with one attached hydrogen (secondary N) is 1.